The Morgan fingerprint density at radius 3 is 2.29 bits per heavy atom. The van der Waals surface area contributed by atoms with Crippen molar-refractivity contribution in [1.82, 2.24) is 9.80 Å². The highest BCUT2D eigenvalue weighted by atomic mass is 16.5. The number of rotatable bonds is 7. The standard InChI is InChI=1S/C22H29N3O3/c1-17-4-6-18(7-5-17)15-24-10-12-25(13-11-24)16-22(26)23-20-14-19(27-2)8-9-21(20)28-3/h4-9,14H,10-13,15-16H2,1-3H3,(H,23,26). The number of nitrogens with one attached hydrogen (secondary N) is 1. The maximum absolute atomic E-state index is 12.5. The van der Waals surface area contributed by atoms with Crippen LogP contribution in [0.25, 0.3) is 0 Å². The lowest BCUT2D eigenvalue weighted by Gasteiger charge is -2.34. The summed E-state index contributed by atoms with van der Waals surface area (Å²) in [6.45, 7) is 7.13. The SMILES string of the molecule is COc1ccc(OC)c(NC(=O)CN2CCN(Cc3ccc(C)cc3)CC2)c1. The number of piperazine rings is 1. The third kappa shape index (κ3) is 5.47. The van der Waals surface area contributed by atoms with Crippen molar-refractivity contribution in [3.63, 3.8) is 0 Å². The van der Waals surface area contributed by atoms with Gasteiger partial charge in [0.25, 0.3) is 0 Å². The zero-order valence-electron chi connectivity index (χ0n) is 16.9. The van der Waals surface area contributed by atoms with Gasteiger partial charge < -0.3 is 14.8 Å². The molecule has 1 amide bonds. The zero-order valence-corrected chi connectivity index (χ0v) is 16.9. The summed E-state index contributed by atoms with van der Waals surface area (Å²) in [4.78, 5) is 17.1. The highest BCUT2D eigenvalue weighted by molar-refractivity contribution is 5.94. The number of ether oxygens (including phenoxy) is 2. The van der Waals surface area contributed by atoms with Gasteiger partial charge in [0, 0.05) is 38.8 Å². The second-order valence-electron chi connectivity index (χ2n) is 7.15. The molecule has 1 N–H and O–H groups in total. The maximum atomic E-state index is 12.5. The number of carbonyl (C=O) groups is 1. The summed E-state index contributed by atoms with van der Waals surface area (Å²) in [5, 5.41) is 2.94. The Kier molecular flexibility index (Phi) is 6.90. The number of anilines is 1. The molecule has 0 atom stereocenters. The monoisotopic (exact) mass is 383 g/mol. The minimum atomic E-state index is -0.0430. The predicted molar refractivity (Wildman–Crippen MR) is 111 cm³/mol. The first kappa shape index (κ1) is 20.2. The van der Waals surface area contributed by atoms with E-state index in [1.165, 1.54) is 11.1 Å². The minimum absolute atomic E-state index is 0.0430. The van der Waals surface area contributed by atoms with Crippen molar-refractivity contribution in [3.8, 4) is 11.5 Å². The van der Waals surface area contributed by atoms with Crippen molar-refractivity contribution in [2.45, 2.75) is 13.5 Å². The van der Waals surface area contributed by atoms with Gasteiger partial charge in [-0.2, -0.15) is 0 Å². The van der Waals surface area contributed by atoms with Gasteiger partial charge in [-0.05, 0) is 24.6 Å². The van der Waals surface area contributed by atoms with Crippen LogP contribution in [0.4, 0.5) is 5.69 Å². The summed E-state index contributed by atoms with van der Waals surface area (Å²) < 4.78 is 10.6. The molecule has 0 aliphatic carbocycles. The molecule has 1 saturated heterocycles. The fraction of sp³-hybridized carbons (Fsp3) is 0.409. The topological polar surface area (TPSA) is 54.0 Å². The second kappa shape index (κ2) is 9.57. The van der Waals surface area contributed by atoms with Crippen molar-refractivity contribution in [1.29, 1.82) is 0 Å². The summed E-state index contributed by atoms with van der Waals surface area (Å²) in [7, 11) is 3.19. The maximum Gasteiger partial charge on any atom is 0.238 e. The smallest absolute Gasteiger partial charge is 0.238 e. The molecule has 6 heteroatoms. The van der Waals surface area contributed by atoms with E-state index in [0.29, 0.717) is 23.7 Å². The number of carbonyl (C=O) groups excluding carboxylic acids is 1. The van der Waals surface area contributed by atoms with Gasteiger partial charge in [0.2, 0.25) is 5.91 Å². The molecule has 1 fully saturated rings. The Balaban J connectivity index is 1.48. The van der Waals surface area contributed by atoms with Gasteiger partial charge in [0.15, 0.2) is 0 Å². The van der Waals surface area contributed by atoms with Crippen molar-refractivity contribution in [3.05, 3.63) is 53.6 Å². The van der Waals surface area contributed by atoms with Gasteiger partial charge in [-0.25, -0.2) is 0 Å². The van der Waals surface area contributed by atoms with Gasteiger partial charge in [0.05, 0.1) is 26.5 Å². The first-order valence-electron chi connectivity index (χ1n) is 9.59. The molecular formula is C22H29N3O3. The van der Waals surface area contributed by atoms with E-state index in [1.54, 1.807) is 26.4 Å². The highest BCUT2D eigenvalue weighted by Gasteiger charge is 2.19. The molecule has 0 bridgehead atoms. The largest absolute Gasteiger partial charge is 0.497 e. The molecule has 0 unspecified atom stereocenters. The molecule has 1 aliphatic heterocycles. The van der Waals surface area contributed by atoms with Gasteiger partial charge in [-0.15, -0.1) is 0 Å². The van der Waals surface area contributed by atoms with E-state index >= 15 is 0 Å². The van der Waals surface area contributed by atoms with Crippen molar-refractivity contribution in [2.24, 2.45) is 0 Å². The van der Waals surface area contributed by atoms with Crippen LogP contribution < -0.4 is 14.8 Å². The van der Waals surface area contributed by atoms with E-state index in [2.05, 4.69) is 46.3 Å². The number of benzene rings is 2. The summed E-state index contributed by atoms with van der Waals surface area (Å²) >= 11 is 0. The first-order valence-corrected chi connectivity index (χ1v) is 9.59. The fourth-order valence-corrected chi connectivity index (χ4v) is 3.36. The minimum Gasteiger partial charge on any atom is -0.497 e. The van der Waals surface area contributed by atoms with E-state index in [-0.39, 0.29) is 5.91 Å². The van der Waals surface area contributed by atoms with E-state index in [0.717, 1.165) is 32.7 Å². The number of nitrogens with zero attached hydrogens (tertiary/aromatic N) is 2. The van der Waals surface area contributed by atoms with Gasteiger partial charge in [-0.3, -0.25) is 14.6 Å². The molecule has 1 heterocycles. The van der Waals surface area contributed by atoms with Crippen molar-refractivity contribution < 1.29 is 14.3 Å². The van der Waals surface area contributed by atoms with E-state index in [9.17, 15) is 4.79 Å². The Hall–Kier alpha value is -2.57. The zero-order chi connectivity index (χ0) is 19.9. The van der Waals surface area contributed by atoms with Gasteiger partial charge >= 0.3 is 0 Å². The van der Waals surface area contributed by atoms with Crippen LogP contribution in [0.3, 0.4) is 0 Å². The molecule has 6 nitrogen and oxygen atoms in total. The molecule has 28 heavy (non-hydrogen) atoms. The lowest BCUT2D eigenvalue weighted by atomic mass is 10.1. The number of methoxy groups -OCH3 is 2. The molecule has 0 saturated carbocycles. The Labute approximate surface area is 167 Å². The van der Waals surface area contributed by atoms with Crippen LogP contribution in [0.2, 0.25) is 0 Å². The third-order valence-corrected chi connectivity index (χ3v) is 5.04. The van der Waals surface area contributed by atoms with Crippen LogP contribution in [0.1, 0.15) is 11.1 Å². The molecule has 0 aromatic heterocycles. The lowest BCUT2D eigenvalue weighted by Crippen LogP contribution is -2.48. The number of hydrogen-bond acceptors (Lipinski definition) is 5. The normalized spacial score (nSPS) is 15.2. The lowest BCUT2D eigenvalue weighted by molar-refractivity contribution is -0.117. The summed E-state index contributed by atoms with van der Waals surface area (Å²) in [5.41, 5.74) is 3.25. The average molecular weight is 383 g/mol. The van der Waals surface area contributed by atoms with Crippen LogP contribution in [0.15, 0.2) is 42.5 Å². The summed E-state index contributed by atoms with van der Waals surface area (Å²) in [6.07, 6.45) is 0. The van der Waals surface area contributed by atoms with Crippen LogP contribution in [-0.4, -0.2) is 62.7 Å². The van der Waals surface area contributed by atoms with Gasteiger partial charge in [0.1, 0.15) is 11.5 Å². The van der Waals surface area contributed by atoms with E-state index in [1.807, 2.05) is 6.07 Å². The Morgan fingerprint density at radius 2 is 1.64 bits per heavy atom. The van der Waals surface area contributed by atoms with E-state index < -0.39 is 0 Å². The Bertz CT molecular complexity index is 784. The predicted octanol–water partition coefficient (Wildman–Crippen LogP) is 2.77. The molecule has 1 aliphatic rings. The van der Waals surface area contributed by atoms with Crippen molar-refractivity contribution >= 4 is 11.6 Å². The molecule has 2 aromatic carbocycles. The van der Waals surface area contributed by atoms with Gasteiger partial charge in [-0.1, -0.05) is 29.8 Å². The fourth-order valence-electron chi connectivity index (χ4n) is 3.36. The van der Waals surface area contributed by atoms with Crippen LogP contribution in [0.5, 0.6) is 11.5 Å². The third-order valence-electron chi connectivity index (χ3n) is 5.04. The second-order valence-corrected chi connectivity index (χ2v) is 7.15. The van der Waals surface area contributed by atoms with E-state index in [4.69, 9.17) is 9.47 Å². The quantitative estimate of drug-likeness (QED) is 0.797. The number of amides is 1. The molecule has 3 rings (SSSR count). The average Bonchev–Trinajstić information content (AvgIpc) is 2.71. The van der Waals surface area contributed by atoms with Crippen LogP contribution >= 0.6 is 0 Å². The molecule has 2 aromatic rings. The van der Waals surface area contributed by atoms with Crippen LogP contribution in [0, 0.1) is 6.92 Å². The molecule has 0 spiro atoms. The van der Waals surface area contributed by atoms with Crippen molar-refractivity contribution in [2.75, 3.05) is 52.3 Å². The molecule has 150 valence electrons. The highest BCUT2D eigenvalue weighted by Crippen LogP contribution is 2.28. The summed E-state index contributed by atoms with van der Waals surface area (Å²) in [6, 6.07) is 14.1. The number of hydrogen-bond donors (Lipinski definition) is 1. The summed E-state index contributed by atoms with van der Waals surface area (Å²) in [5.74, 6) is 1.26. The number of aryl methyl sites for hydroxylation is 1. The van der Waals surface area contributed by atoms with Crippen LogP contribution in [-0.2, 0) is 11.3 Å². The molecular weight excluding hydrogens is 354 g/mol. The Morgan fingerprint density at radius 1 is 0.964 bits per heavy atom. The first-order chi connectivity index (χ1) is 13.6. The molecule has 0 radical (unpaired) electrons.